The molecule has 6 N–H and O–H groups in total. The summed E-state index contributed by atoms with van der Waals surface area (Å²) < 4.78 is 131. The number of hydrogen-bond acceptors (Lipinski definition) is 15. The number of rotatable bonds is 10. The van der Waals surface area contributed by atoms with E-state index in [0.29, 0.717) is 27.8 Å². The number of benzene rings is 4. The molecule has 28 heteroatoms. The Hall–Kier alpha value is -2.35. The molecule has 0 saturated heterocycles. The summed E-state index contributed by atoms with van der Waals surface area (Å²) in [5, 5.41) is 17.2. The molecule has 3 aromatic heterocycles. The first-order valence-electron chi connectivity index (χ1n) is 16.0. The van der Waals surface area contributed by atoms with Crippen molar-refractivity contribution in [3.8, 4) is 67.9 Å². The van der Waals surface area contributed by atoms with E-state index in [0.717, 1.165) is 48.5 Å². The van der Waals surface area contributed by atoms with Gasteiger partial charge in [0.2, 0.25) is 5.82 Å². The molecule has 0 saturated carbocycles. The van der Waals surface area contributed by atoms with Gasteiger partial charge in [0.1, 0.15) is 28.5 Å². The van der Waals surface area contributed by atoms with Crippen LogP contribution in [0.15, 0.2) is 135 Å². The third kappa shape index (κ3) is 13.4. The molecule has 3 heterocycles. The van der Waals surface area contributed by atoms with E-state index in [9.17, 15) is 51.9 Å². The van der Waals surface area contributed by atoms with Crippen LogP contribution in [-0.4, -0.2) is 211 Å². The molecule has 0 spiro atoms. The van der Waals surface area contributed by atoms with Crippen molar-refractivity contribution in [3.63, 3.8) is 0 Å². The molecular weight excluding hydrogens is 947 g/mol. The standard InChI is InChI=1S/C35H23N7O12S4.4Na.H2O/c43-55(44,45)25-9-1-20(2-10-25)30-32(22-5-13-27(14-6-22)57(49,50)51)39-41-34(37-30)24-17-18-36-29(19-24)35-38-31(21-3-11-26(12-4-21)56(46,47)48)33(40-42-35)23-7-15-28(16-8-23)58(52,53)54;;;;;/h1-19H,(H,43,44,45)(H,46,47,48)(H,49,50,51)(H,52,53,54);;;;;1H2. The smallest absolute Gasteiger partial charge is 0.294 e. The van der Waals surface area contributed by atoms with Gasteiger partial charge in [-0.2, -0.15) is 33.7 Å². The minimum Gasteiger partial charge on any atom is -0.412 e. The minimum atomic E-state index is -4.54. The van der Waals surface area contributed by atoms with Crippen LogP contribution in [0.5, 0.6) is 0 Å². The molecule has 4 radical (unpaired) electrons. The second-order valence-corrected chi connectivity index (χ2v) is 17.8. The summed E-state index contributed by atoms with van der Waals surface area (Å²) in [6.07, 6.45) is 1.39. The molecule has 0 aliphatic rings. The third-order valence-electron chi connectivity index (χ3n) is 8.32. The van der Waals surface area contributed by atoms with E-state index in [1.165, 1.54) is 60.8 Å². The molecule has 0 unspecified atom stereocenters. The molecule has 0 bridgehead atoms. The van der Waals surface area contributed by atoms with Crippen LogP contribution in [0.25, 0.3) is 67.9 Å². The maximum atomic E-state index is 11.7. The molecular formula is C35H25N7Na4O13S4. The Morgan fingerprint density at radius 1 is 0.349 bits per heavy atom. The van der Waals surface area contributed by atoms with Crippen molar-refractivity contribution in [2.75, 3.05) is 0 Å². The second-order valence-electron chi connectivity index (χ2n) is 12.1. The van der Waals surface area contributed by atoms with Crippen molar-refractivity contribution in [1.82, 2.24) is 35.3 Å². The van der Waals surface area contributed by atoms with E-state index in [-0.39, 0.29) is 179 Å². The quantitative estimate of drug-likeness (QED) is 0.113. The van der Waals surface area contributed by atoms with Crippen LogP contribution >= 0.6 is 0 Å². The SMILES string of the molecule is O.O=S(=O)(O)c1ccc(-c2nnc(-c3ccnc(-c4nnc(-c5ccc(S(=O)(=O)O)cc5)c(-c5ccc(S(=O)(=O)O)cc5)n4)c3)nc2-c2ccc(S(=O)(=O)O)cc2)cc1.[Na].[Na].[Na].[Na]. The van der Waals surface area contributed by atoms with Gasteiger partial charge in [-0.3, -0.25) is 23.2 Å². The van der Waals surface area contributed by atoms with E-state index < -0.39 is 45.4 Å². The van der Waals surface area contributed by atoms with Crippen LogP contribution in [0.3, 0.4) is 0 Å². The van der Waals surface area contributed by atoms with Crippen molar-refractivity contribution < 1.29 is 57.4 Å². The average molecular weight is 972 g/mol. The third-order valence-corrected chi connectivity index (χ3v) is 11.8. The van der Waals surface area contributed by atoms with Gasteiger partial charge in [-0.15, -0.1) is 20.4 Å². The maximum Gasteiger partial charge on any atom is 0.294 e. The van der Waals surface area contributed by atoms with Gasteiger partial charge in [0.05, 0.1) is 19.6 Å². The molecule has 0 fully saturated rings. The first-order chi connectivity index (χ1) is 27.3. The first kappa shape index (κ1) is 56.8. The Bertz CT molecular complexity index is 3000. The summed E-state index contributed by atoms with van der Waals surface area (Å²) in [6, 6.07) is 23.1. The van der Waals surface area contributed by atoms with Gasteiger partial charge in [0.15, 0.2) is 5.82 Å². The maximum absolute atomic E-state index is 11.7. The zero-order chi connectivity index (χ0) is 41.6. The molecule has 20 nitrogen and oxygen atoms in total. The van der Waals surface area contributed by atoms with Crippen LogP contribution in [0.1, 0.15) is 0 Å². The topological polar surface area (TPSA) is 339 Å². The fourth-order valence-electron chi connectivity index (χ4n) is 5.51. The Labute approximate surface area is 448 Å². The second kappa shape index (κ2) is 22.4. The van der Waals surface area contributed by atoms with Crippen molar-refractivity contribution >= 4 is 159 Å². The summed E-state index contributed by atoms with van der Waals surface area (Å²) in [7, 11) is -18.1. The van der Waals surface area contributed by atoms with E-state index in [4.69, 9.17) is 4.98 Å². The van der Waals surface area contributed by atoms with Crippen molar-refractivity contribution in [2.24, 2.45) is 0 Å². The molecule has 7 rings (SSSR count). The number of hydrogen-bond donors (Lipinski definition) is 4. The van der Waals surface area contributed by atoms with Crippen molar-refractivity contribution in [3.05, 3.63) is 115 Å². The Morgan fingerprint density at radius 2 is 0.635 bits per heavy atom. The predicted octanol–water partition coefficient (Wildman–Crippen LogP) is 2.09. The van der Waals surface area contributed by atoms with Gasteiger partial charge < -0.3 is 5.48 Å². The molecule has 306 valence electrons. The molecule has 7 aromatic rings. The molecule has 63 heavy (non-hydrogen) atoms. The molecule has 0 aliphatic heterocycles. The summed E-state index contributed by atoms with van der Waals surface area (Å²) in [5.74, 6) is -0.0149. The van der Waals surface area contributed by atoms with Crippen LogP contribution in [0.2, 0.25) is 0 Å². The summed E-state index contributed by atoms with van der Waals surface area (Å²) in [5.41, 5.74) is 2.30. The predicted molar refractivity (Wildman–Crippen MR) is 230 cm³/mol. The normalized spacial score (nSPS) is 11.4. The van der Waals surface area contributed by atoms with Gasteiger partial charge in [-0.05, 0) is 60.7 Å². The zero-order valence-electron chi connectivity index (χ0n) is 33.3. The van der Waals surface area contributed by atoms with Crippen LogP contribution in [0, 0.1) is 0 Å². The Balaban J connectivity index is 0.00000273. The summed E-state index contributed by atoms with van der Waals surface area (Å²) in [4.78, 5) is 12.2. The van der Waals surface area contributed by atoms with E-state index in [1.807, 2.05) is 0 Å². The van der Waals surface area contributed by atoms with Crippen LogP contribution < -0.4 is 0 Å². The van der Waals surface area contributed by atoms with Crippen molar-refractivity contribution in [2.45, 2.75) is 19.6 Å². The van der Waals surface area contributed by atoms with Crippen molar-refractivity contribution in [1.29, 1.82) is 0 Å². The average Bonchev–Trinajstić information content (AvgIpc) is 3.19. The van der Waals surface area contributed by atoms with Crippen LogP contribution in [-0.2, 0) is 40.5 Å². The van der Waals surface area contributed by atoms with E-state index >= 15 is 0 Å². The monoisotopic (exact) mass is 971 g/mol. The first-order valence-corrected chi connectivity index (χ1v) is 21.8. The summed E-state index contributed by atoms with van der Waals surface area (Å²) >= 11 is 0. The largest absolute Gasteiger partial charge is 0.412 e. The number of nitrogens with zero attached hydrogens (tertiary/aromatic N) is 7. The molecule has 4 aromatic carbocycles. The van der Waals surface area contributed by atoms with E-state index in [2.05, 4.69) is 30.4 Å². The molecule has 0 amide bonds. The zero-order valence-corrected chi connectivity index (χ0v) is 44.6. The van der Waals surface area contributed by atoms with Gasteiger partial charge >= 0.3 is 0 Å². The Kier molecular flexibility index (Phi) is 20.2. The summed E-state index contributed by atoms with van der Waals surface area (Å²) in [6.45, 7) is 0. The molecule has 0 atom stereocenters. The van der Waals surface area contributed by atoms with Gasteiger partial charge in [-0.1, -0.05) is 48.5 Å². The van der Waals surface area contributed by atoms with Gasteiger partial charge in [0, 0.05) is 152 Å². The molecule has 0 aliphatic carbocycles. The Morgan fingerprint density at radius 3 is 0.952 bits per heavy atom. The van der Waals surface area contributed by atoms with Crippen LogP contribution in [0.4, 0.5) is 0 Å². The van der Waals surface area contributed by atoms with Gasteiger partial charge in [0.25, 0.3) is 40.5 Å². The number of pyridine rings is 1. The minimum absolute atomic E-state index is 0. The fraction of sp³-hybridized carbons (Fsp3) is 0. The fourth-order valence-corrected chi connectivity index (χ4v) is 7.43. The van der Waals surface area contributed by atoms with E-state index in [1.54, 1.807) is 6.07 Å². The number of aromatic nitrogens is 7. The van der Waals surface area contributed by atoms with Gasteiger partial charge in [-0.25, -0.2) is 9.97 Å².